The van der Waals surface area contributed by atoms with Crippen LogP contribution in [0.15, 0.2) is 54.7 Å². The molecule has 34 heavy (non-hydrogen) atoms. The summed E-state index contributed by atoms with van der Waals surface area (Å²) in [6, 6.07) is 15.6. The van der Waals surface area contributed by atoms with E-state index in [1.54, 1.807) is 6.07 Å². The number of aromatic nitrogens is 2. The Kier molecular flexibility index (Phi) is 6.54. The summed E-state index contributed by atoms with van der Waals surface area (Å²) in [6.07, 6.45) is 1.83. The molecular weight excluding hydrogens is 446 g/mol. The first-order chi connectivity index (χ1) is 16.5. The van der Waals surface area contributed by atoms with Gasteiger partial charge in [0.1, 0.15) is 5.75 Å². The quantitative estimate of drug-likeness (QED) is 0.527. The van der Waals surface area contributed by atoms with Gasteiger partial charge in [-0.25, -0.2) is 0 Å². The lowest BCUT2D eigenvalue weighted by molar-refractivity contribution is 0.0350. The zero-order valence-corrected chi connectivity index (χ0v) is 20.5. The maximum atomic E-state index is 10.5. The second kappa shape index (κ2) is 9.74. The number of nitrogens with zero attached hydrogens (tertiary/aromatic N) is 4. The third-order valence-corrected chi connectivity index (χ3v) is 7.22. The minimum Gasteiger partial charge on any atom is -0.506 e. The highest BCUT2D eigenvalue weighted by molar-refractivity contribution is 7.80. The number of morpholine rings is 1. The minimum atomic E-state index is -0.0586. The molecule has 3 aromatic rings. The number of aryl methyl sites for hydroxylation is 1. The molecule has 0 unspecified atom stereocenters. The van der Waals surface area contributed by atoms with Crippen molar-refractivity contribution in [1.29, 1.82) is 0 Å². The first-order valence-corrected chi connectivity index (χ1v) is 12.2. The molecule has 0 amide bonds. The third kappa shape index (κ3) is 4.29. The van der Waals surface area contributed by atoms with E-state index in [4.69, 9.17) is 17.0 Å². The van der Waals surface area contributed by atoms with Gasteiger partial charge in [0.2, 0.25) is 0 Å². The van der Waals surface area contributed by atoms with Crippen molar-refractivity contribution in [1.82, 2.24) is 24.7 Å². The largest absolute Gasteiger partial charge is 0.506 e. The molecule has 5 rings (SSSR count). The molecule has 0 spiro atoms. The van der Waals surface area contributed by atoms with Crippen molar-refractivity contribution in [3.63, 3.8) is 0 Å². The van der Waals surface area contributed by atoms with E-state index in [0.29, 0.717) is 0 Å². The standard InChI is InChI=1S/C26H31N5O2S/c1-18-17-20(19(2)31(18)22-8-3-4-9-23(22)32)25-24(21-7-5-6-10-27-21)28-26(34)30(25)12-11-29-13-15-33-16-14-29/h3-10,17,24-25,32H,11-16H2,1-2H3,(H,28,34)/t24-,25-/m0/s1. The second-order valence-electron chi connectivity index (χ2n) is 8.92. The van der Waals surface area contributed by atoms with Crippen LogP contribution < -0.4 is 5.32 Å². The van der Waals surface area contributed by atoms with Gasteiger partial charge in [-0.15, -0.1) is 0 Å². The number of hydrogen-bond acceptors (Lipinski definition) is 5. The summed E-state index contributed by atoms with van der Waals surface area (Å²) in [5.74, 6) is 0.265. The highest BCUT2D eigenvalue weighted by Crippen LogP contribution is 2.41. The molecule has 0 bridgehead atoms. The summed E-state index contributed by atoms with van der Waals surface area (Å²) in [7, 11) is 0. The van der Waals surface area contributed by atoms with Crippen molar-refractivity contribution in [2.45, 2.75) is 25.9 Å². The van der Waals surface area contributed by atoms with Crippen molar-refractivity contribution in [2.75, 3.05) is 39.4 Å². The number of thiocarbonyl (C=S) groups is 1. The fourth-order valence-electron chi connectivity index (χ4n) is 5.17. The van der Waals surface area contributed by atoms with Gasteiger partial charge in [-0.3, -0.25) is 9.88 Å². The number of hydrogen-bond donors (Lipinski definition) is 2. The average Bonchev–Trinajstić information content (AvgIpc) is 3.34. The fourth-order valence-corrected chi connectivity index (χ4v) is 5.50. The molecule has 2 aromatic heterocycles. The Labute approximate surface area is 206 Å². The molecule has 2 aliphatic heterocycles. The number of para-hydroxylation sites is 2. The Bertz CT molecular complexity index is 1160. The molecule has 2 fully saturated rings. The normalized spacial score (nSPS) is 21.1. The maximum absolute atomic E-state index is 10.5. The third-order valence-electron chi connectivity index (χ3n) is 6.87. The predicted molar refractivity (Wildman–Crippen MR) is 136 cm³/mol. The molecule has 2 N–H and O–H groups in total. The van der Waals surface area contributed by atoms with Crippen molar-refractivity contribution >= 4 is 17.3 Å². The maximum Gasteiger partial charge on any atom is 0.170 e. The Morgan fingerprint density at radius 1 is 1.09 bits per heavy atom. The molecule has 0 saturated carbocycles. The zero-order valence-electron chi connectivity index (χ0n) is 19.6. The van der Waals surface area contributed by atoms with Crippen molar-refractivity contribution < 1.29 is 9.84 Å². The van der Waals surface area contributed by atoms with Gasteiger partial charge in [0.15, 0.2) is 5.11 Å². The summed E-state index contributed by atoms with van der Waals surface area (Å²) >= 11 is 5.86. The highest BCUT2D eigenvalue weighted by atomic mass is 32.1. The fraction of sp³-hybridized carbons (Fsp3) is 0.385. The van der Waals surface area contributed by atoms with Crippen LogP contribution in [-0.4, -0.2) is 69.0 Å². The monoisotopic (exact) mass is 477 g/mol. The smallest absolute Gasteiger partial charge is 0.170 e. The number of aromatic hydroxyl groups is 1. The summed E-state index contributed by atoms with van der Waals surface area (Å²) in [5, 5.41) is 14.9. The number of phenolic OH excluding ortho intramolecular Hbond substituents is 1. The van der Waals surface area contributed by atoms with E-state index in [1.807, 2.05) is 36.5 Å². The van der Waals surface area contributed by atoms with Crippen molar-refractivity contribution in [2.24, 2.45) is 0 Å². The Balaban J connectivity index is 1.53. The molecule has 0 aliphatic carbocycles. The molecule has 2 atom stereocenters. The Hall–Kier alpha value is -2.94. The van der Waals surface area contributed by atoms with Gasteiger partial charge >= 0.3 is 0 Å². The number of benzene rings is 1. The van der Waals surface area contributed by atoms with Gasteiger partial charge in [0, 0.05) is 43.8 Å². The SMILES string of the molecule is Cc1cc([C@H]2[C@H](c3ccccn3)NC(=S)N2CCN2CCOCC2)c(C)n1-c1ccccc1O. The van der Waals surface area contributed by atoms with E-state index in [9.17, 15) is 5.11 Å². The first-order valence-electron chi connectivity index (χ1n) is 11.8. The average molecular weight is 478 g/mol. The van der Waals surface area contributed by atoms with Crippen LogP contribution in [0.5, 0.6) is 5.75 Å². The van der Waals surface area contributed by atoms with E-state index in [-0.39, 0.29) is 17.8 Å². The molecule has 7 nitrogen and oxygen atoms in total. The minimum absolute atomic E-state index is 0.00533. The lowest BCUT2D eigenvalue weighted by atomic mass is 9.96. The van der Waals surface area contributed by atoms with Crippen LogP contribution in [-0.2, 0) is 4.74 Å². The number of rotatable bonds is 6. The molecule has 178 valence electrons. The molecule has 8 heteroatoms. The number of phenols is 1. The van der Waals surface area contributed by atoms with Gasteiger partial charge in [-0.2, -0.15) is 0 Å². The van der Waals surface area contributed by atoms with Crippen LogP contribution in [0, 0.1) is 13.8 Å². The molecule has 1 aromatic carbocycles. The van der Waals surface area contributed by atoms with Gasteiger partial charge in [0.25, 0.3) is 0 Å². The van der Waals surface area contributed by atoms with E-state index in [2.05, 4.69) is 50.6 Å². The van der Waals surface area contributed by atoms with Gasteiger partial charge in [0.05, 0.1) is 36.7 Å². The molecule has 0 radical (unpaired) electrons. The molecular formula is C26H31N5O2S. The summed E-state index contributed by atoms with van der Waals surface area (Å²) in [6.45, 7) is 9.40. The van der Waals surface area contributed by atoms with Crippen LogP contribution >= 0.6 is 12.2 Å². The topological polar surface area (TPSA) is 65.8 Å². The highest BCUT2D eigenvalue weighted by Gasteiger charge is 2.41. The lowest BCUT2D eigenvalue weighted by Gasteiger charge is -2.32. The van der Waals surface area contributed by atoms with Gasteiger partial charge in [-0.1, -0.05) is 18.2 Å². The van der Waals surface area contributed by atoms with Crippen LogP contribution in [0.25, 0.3) is 5.69 Å². The second-order valence-corrected chi connectivity index (χ2v) is 9.31. The summed E-state index contributed by atoms with van der Waals surface area (Å²) in [4.78, 5) is 9.40. The zero-order chi connectivity index (χ0) is 23.7. The van der Waals surface area contributed by atoms with E-state index in [0.717, 1.165) is 67.3 Å². The molecule has 2 aliphatic rings. The summed E-state index contributed by atoms with van der Waals surface area (Å²) in [5.41, 5.74) is 5.10. The number of nitrogens with one attached hydrogen (secondary N) is 1. The van der Waals surface area contributed by atoms with E-state index >= 15 is 0 Å². The Morgan fingerprint density at radius 3 is 2.59 bits per heavy atom. The molecule has 4 heterocycles. The van der Waals surface area contributed by atoms with Crippen LogP contribution in [0.4, 0.5) is 0 Å². The molecule has 2 saturated heterocycles. The van der Waals surface area contributed by atoms with E-state index < -0.39 is 0 Å². The first kappa shape index (κ1) is 22.8. The Morgan fingerprint density at radius 2 is 1.85 bits per heavy atom. The van der Waals surface area contributed by atoms with Crippen LogP contribution in [0.2, 0.25) is 0 Å². The van der Waals surface area contributed by atoms with Gasteiger partial charge < -0.3 is 24.6 Å². The van der Waals surface area contributed by atoms with Crippen molar-refractivity contribution in [3.8, 4) is 11.4 Å². The summed E-state index contributed by atoms with van der Waals surface area (Å²) < 4.78 is 7.64. The van der Waals surface area contributed by atoms with E-state index in [1.165, 1.54) is 5.56 Å². The van der Waals surface area contributed by atoms with Crippen molar-refractivity contribution in [3.05, 3.63) is 77.4 Å². The van der Waals surface area contributed by atoms with Crippen LogP contribution in [0.3, 0.4) is 0 Å². The van der Waals surface area contributed by atoms with Gasteiger partial charge in [-0.05, 0) is 62.0 Å². The number of pyridine rings is 1. The van der Waals surface area contributed by atoms with Crippen LogP contribution in [0.1, 0.15) is 34.7 Å². The lowest BCUT2D eigenvalue weighted by Crippen LogP contribution is -2.42. The predicted octanol–water partition coefficient (Wildman–Crippen LogP) is 3.50. The number of ether oxygens (including phenoxy) is 1.